The van der Waals surface area contributed by atoms with Crippen molar-refractivity contribution >= 4 is 16.8 Å². The fraction of sp³-hybridized carbons (Fsp3) is 0. The second kappa shape index (κ2) is 3.30. The smallest absolute Gasteiger partial charge is 0.151 e. The molecule has 0 amide bonds. The van der Waals surface area contributed by atoms with Crippen LogP contribution in [-0.4, -0.2) is 0 Å². The van der Waals surface area contributed by atoms with Gasteiger partial charge in [0.05, 0.1) is 0 Å². The summed E-state index contributed by atoms with van der Waals surface area (Å²) in [7, 11) is 0. The molecule has 0 heterocycles. The predicted octanol–water partition coefficient (Wildman–Crippen LogP) is 0.0219. The third-order valence-electron chi connectivity index (χ3n) is 2.32. The molecule has 0 aromatic heterocycles. The Balaban J connectivity index is 0.000000653. The summed E-state index contributed by atoms with van der Waals surface area (Å²) >= 11 is 0. The molecule has 0 saturated heterocycles. The van der Waals surface area contributed by atoms with Crippen LogP contribution < -0.4 is 29.6 Å². The maximum atomic E-state index is 3.25. The van der Waals surface area contributed by atoms with Gasteiger partial charge in [-0.2, -0.15) is 5.56 Å². The van der Waals surface area contributed by atoms with Crippen LogP contribution in [0, 0.1) is 6.08 Å². The summed E-state index contributed by atoms with van der Waals surface area (Å²) in [6.07, 6.45) is 5.30. The Bertz CT molecular complexity index is 443. The van der Waals surface area contributed by atoms with Gasteiger partial charge in [0.1, 0.15) is 0 Å². The largest absolute Gasteiger partial charge is 1.00 e. The standard InChI is InChI=1S/C12H7.Na/c1-3-9-4-2-6-11-8-7-10(5-1)12(9)11;/h1-7H;/q-1;+1. The topological polar surface area (TPSA) is 0 Å². The van der Waals surface area contributed by atoms with E-state index in [2.05, 4.69) is 48.6 Å². The first-order chi connectivity index (χ1) is 5.95. The van der Waals surface area contributed by atoms with E-state index >= 15 is 0 Å². The van der Waals surface area contributed by atoms with E-state index in [1.165, 1.54) is 21.9 Å². The number of hydrogen-bond acceptors (Lipinski definition) is 0. The molecule has 0 nitrogen and oxygen atoms in total. The number of rotatable bonds is 0. The van der Waals surface area contributed by atoms with Crippen LogP contribution in [0.4, 0.5) is 0 Å². The van der Waals surface area contributed by atoms with Crippen LogP contribution in [-0.2, 0) is 0 Å². The molecule has 1 aliphatic rings. The molecule has 0 unspecified atom stereocenters. The van der Waals surface area contributed by atoms with Crippen molar-refractivity contribution in [1.29, 1.82) is 0 Å². The Labute approximate surface area is 99.6 Å². The summed E-state index contributed by atoms with van der Waals surface area (Å²) < 4.78 is 0. The Hall–Kier alpha value is -0.560. The molecule has 3 rings (SSSR count). The molecule has 1 aliphatic carbocycles. The second-order valence-corrected chi connectivity index (χ2v) is 3.04. The zero-order valence-electron chi connectivity index (χ0n) is 7.54. The van der Waals surface area contributed by atoms with Crippen LogP contribution in [0.1, 0.15) is 11.1 Å². The van der Waals surface area contributed by atoms with Crippen molar-refractivity contribution in [2.75, 3.05) is 0 Å². The molecule has 0 bridgehead atoms. The molecule has 0 N–H and O–H groups in total. The Morgan fingerprint density at radius 1 is 0.923 bits per heavy atom. The SMILES string of the molecule is [C-]1=Cc2cccc3cccc1c23.[Na+]. The van der Waals surface area contributed by atoms with Crippen molar-refractivity contribution in [3.05, 3.63) is 53.6 Å². The van der Waals surface area contributed by atoms with Crippen molar-refractivity contribution < 1.29 is 29.6 Å². The van der Waals surface area contributed by atoms with E-state index in [1.54, 1.807) is 0 Å². The van der Waals surface area contributed by atoms with E-state index < -0.39 is 0 Å². The zero-order valence-corrected chi connectivity index (χ0v) is 9.54. The fourth-order valence-corrected chi connectivity index (χ4v) is 1.77. The minimum Gasteiger partial charge on any atom is -0.151 e. The summed E-state index contributed by atoms with van der Waals surface area (Å²) in [6.45, 7) is 0. The van der Waals surface area contributed by atoms with Crippen molar-refractivity contribution in [2.45, 2.75) is 0 Å². The van der Waals surface area contributed by atoms with Crippen molar-refractivity contribution in [1.82, 2.24) is 0 Å². The predicted molar refractivity (Wildman–Crippen MR) is 50.8 cm³/mol. The van der Waals surface area contributed by atoms with Gasteiger partial charge in [0.2, 0.25) is 0 Å². The molecule has 2 aromatic rings. The first-order valence-corrected chi connectivity index (χ1v) is 4.07. The average molecular weight is 174 g/mol. The summed E-state index contributed by atoms with van der Waals surface area (Å²) in [5, 5.41) is 2.66. The normalized spacial score (nSPS) is 11.7. The van der Waals surface area contributed by atoms with E-state index in [4.69, 9.17) is 0 Å². The molecule has 0 fully saturated rings. The third kappa shape index (κ3) is 1.26. The van der Waals surface area contributed by atoms with Crippen molar-refractivity contribution in [3.8, 4) is 0 Å². The minimum absolute atomic E-state index is 0. The summed E-state index contributed by atoms with van der Waals surface area (Å²) in [6, 6.07) is 12.7. The van der Waals surface area contributed by atoms with Crippen LogP contribution in [0.25, 0.3) is 16.8 Å². The van der Waals surface area contributed by atoms with Gasteiger partial charge in [-0.15, -0.1) is 41.3 Å². The van der Waals surface area contributed by atoms with Gasteiger partial charge in [0.25, 0.3) is 0 Å². The van der Waals surface area contributed by atoms with Crippen molar-refractivity contribution in [3.63, 3.8) is 0 Å². The Morgan fingerprint density at radius 2 is 1.69 bits per heavy atom. The van der Waals surface area contributed by atoms with Crippen LogP contribution in [0.2, 0.25) is 0 Å². The summed E-state index contributed by atoms with van der Waals surface area (Å²) in [5.41, 5.74) is 2.52. The third-order valence-corrected chi connectivity index (χ3v) is 2.32. The zero-order chi connectivity index (χ0) is 7.97. The van der Waals surface area contributed by atoms with E-state index in [0.717, 1.165) is 0 Å². The van der Waals surface area contributed by atoms with Gasteiger partial charge < -0.3 is 0 Å². The average Bonchev–Trinajstić information content (AvgIpc) is 2.52. The molecule has 0 saturated carbocycles. The van der Waals surface area contributed by atoms with Crippen LogP contribution in [0.3, 0.4) is 0 Å². The van der Waals surface area contributed by atoms with Crippen LogP contribution >= 0.6 is 0 Å². The molecule has 56 valence electrons. The molecule has 0 aliphatic heterocycles. The van der Waals surface area contributed by atoms with Crippen LogP contribution in [0.5, 0.6) is 0 Å². The monoisotopic (exact) mass is 174 g/mol. The molecule has 0 spiro atoms. The quantitative estimate of drug-likeness (QED) is 0.333. The first-order valence-electron chi connectivity index (χ1n) is 4.07. The molecule has 0 radical (unpaired) electrons. The van der Waals surface area contributed by atoms with Crippen LogP contribution in [0.15, 0.2) is 36.4 Å². The van der Waals surface area contributed by atoms with Gasteiger partial charge in [0, 0.05) is 0 Å². The maximum absolute atomic E-state index is 3.25. The van der Waals surface area contributed by atoms with Gasteiger partial charge in [-0.05, 0) is 0 Å². The molecule has 0 atom stereocenters. The Kier molecular flexibility index (Phi) is 2.29. The van der Waals surface area contributed by atoms with Crippen molar-refractivity contribution in [2.24, 2.45) is 0 Å². The van der Waals surface area contributed by atoms with Gasteiger partial charge in [-0.1, -0.05) is 23.6 Å². The van der Waals surface area contributed by atoms with Gasteiger partial charge in [-0.3, -0.25) is 0 Å². The van der Waals surface area contributed by atoms with E-state index in [0.29, 0.717) is 0 Å². The first kappa shape index (κ1) is 9.01. The molecular formula is C12H7Na. The molecule has 1 heteroatoms. The molecule has 2 aromatic carbocycles. The summed E-state index contributed by atoms with van der Waals surface area (Å²) in [4.78, 5) is 0. The van der Waals surface area contributed by atoms with E-state index in [1.807, 2.05) is 0 Å². The Morgan fingerprint density at radius 3 is 2.54 bits per heavy atom. The van der Waals surface area contributed by atoms with E-state index in [-0.39, 0.29) is 29.6 Å². The van der Waals surface area contributed by atoms with E-state index in [9.17, 15) is 0 Å². The molecular weight excluding hydrogens is 167 g/mol. The van der Waals surface area contributed by atoms with Gasteiger partial charge >= 0.3 is 29.6 Å². The second-order valence-electron chi connectivity index (χ2n) is 3.04. The fourth-order valence-electron chi connectivity index (χ4n) is 1.77. The number of benzene rings is 2. The molecule has 13 heavy (non-hydrogen) atoms. The van der Waals surface area contributed by atoms with Gasteiger partial charge in [-0.25, -0.2) is 0 Å². The summed E-state index contributed by atoms with van der Waals surface area (Å²) in [5.74, 6) is 0. The number of hydrogen-bond donors (Lipinski definition) is 0. The van der Waals surface area contributed by atoms with Gasteiger partial charge in [0.15, 0.2) is 0 Å². The minimum atomic E-state index is 0. The maximum Gasteiger partial charge on any atom is 1.00 e.